The summed E-state index contributed by atoms with van der Waals surface area (Å²) in [5, 5.41) is 13.2. The van der Waals surface area contributed by atoms with Crippen molar-refractivity contribution in [1.29, 1.82) is 0 Å². The van der Waals surface area contributed by atoms with Gasteiger partial charge in [-0.1, -0.05) is 30.3 Å². The number of rotatable bonds is 2. The van der Waals surface area contributed by atoms with Crippen molar-refractivity contribution < 1.29 is 14.5 Å². The third-order valence-electron chi connectivity index (χ3n) is 4.04. The molecule has 1 heterocycles. The molecule has 0 unspecified atom stereocenters. The predicted octanol–water partition coefficient (Wildman–Crippen LogP) is 4.10. The van der Waals surface area contributed by atoms with Gasteiger partial charge in [-0.2, -0.15) is 0 Å². The maximum absolute atomic E-state index is 13.0. The highest BCUT2D eigenvalue weighted by molar-refractivity contribution is 7.13. The Morgan fingerprint density at radius 2 is 1.50 bits per heavy atom. The van der Waals surface area contributed by atoms with E-state index in [-0.39, 0.29) is 39.5 Å². The average molecular weight is 335 g/mol. The summed E-state index contributed by atoms with van der Waals surface area (Å²) in [5.74, 6) is -0.639. The molecule has 1 aliphatic carbocycles. The lowest BCUT2D eigenvalue weighted by atomic mass is 9.81. The number of nitro benzene ring substituents is 1. The van der Waals surface area contributed by atoms with Crippen LogP contribution in [0.5, 0.6) is 0 Å². The second-order valence-electron chi connectivity index (χ2n) is 5.32. The van der Waals surface area contributed by atoms with Crippen LogP contribution < -0.4 is 0 Å². The van der Waals surface area contributed by atoms with Gasteiger partial charge in [-0.15, -0.1) is 11.3 Å². The van der Waals surface area contributed by atoms with Crippen LogP contribution in [0.15, 0.2) is 53.9 Å². The van der Waals surface area contributed by atoms with E-state index in [0.717, 1.165) is 0 Å². The van der Waals surface area contributed by atoms with Crippen LogP contribution in [0.3, 0.4) is 0 Å². The number of carbonyl (C=O) groups excluding carboxylic acids is 2. The monoisotopic (exact) mass is 335 g/mol. The number of thiophene rings is 1. The van der Waals surface area contributed by atoms with Crippen LogP contribution in [0.4, 0.5) is 5.69 Å². The van der Waals surface area contributed by atoms with E-state index in [2.05, 4.69) is 0 Å². The van der Waals surface area contributed by atoms with Gasteiger partial charge in [0.1, 0.15) is 0 Å². The van der Waals surface area contributed by atoms with E-state index in [0.29, 0.717) is 10.4 Å². The van der Waals surface area contributed by atoms with Gasteiger partial charge in [0.15, 0.2) is 11.6 Å². The molecule has 0 spiro atoms. The maximum Gasteiger partial charge on any atom is 0.278 e. The highest BCUT2D eigenvalue weighted by Crippen LogP contribution is 2.41. The molecule has 6 heteroatoms. The summed E-state index contributed by atoms with van der Waals surface area (Å²) in [5.41, 5.74) is 1.01. The lowest BCUT2D eigenvalue weighted by Crippen LogP contribution is -2.22. The number of hydrogen-bond donors (Lipinski definition) is 0. The van der Waals surface area contributed by atoms with E-state index in [4.69, 9.17) is 0 Å². The van der Waals surface area contributed by atoms with Crippen molar-refractivity contribution in [3.63, 3.8) is 0 Å². The molecule has 2 aromatic carbocycles. The van der Waals surface area contributed by atoms with Crippen LogP contribution in [0.1, 0.15) is 31.8 Å². The smallest absolute Gasteiger partial charge is 0.278 e. The fraction of sp³-hybridized carbons (Fsp3) is 0. The Morgan fingerprint density at radius 1 is 0.792 bits per heavy atom. The third-order valence-corrected chi connectivity index (χ3v) is 4.92. The zero-order valence-electron chi connectivity index (χ0n) is 12.2. The van der Waals surface area contributed by atoms with E-state index in [1.165, 1.54) is 23.5 Å². The van der Waals surface area contributed by atoms with Crippen LogP contribution in [-0.2, 0) is 0 Å². The van der Waals surface area contributed by atoms with E-state index < -0.39 is 4.92 Å². The van der Waals surface area contributed by atoms with E-state index >= 15 is 0 Å². The number of benzene rings is 2. The molecule has 3 aromatic rings. The van der Waals surface area contributed by atoms with Gasteiger partial charge in [-0.3, -0.25) is 19.7 Å². The molecule has 1 aromatic heterocycles. The Kier molecular flexibility index (Phi) is 3.14. The minimum atomic E-state index is -0.520. The highest BCUT2D eigenvalue weighted by atomic mass is 32.1. The Balaban J connectivity index is 2.10. The first kappa shape index (κ1) is 14.5. The minimum absolute atomic E-state index is 0.121. The first-order valence-electron chi connectivity index (χ1n) is 7.13. The topological polar surface area (TPSA) is 77.3 Å². The molecule has 0 amide bonds. The van der Waals surface area contributed by atoms with Crippen LogP contribution in [-0.4, -0.2) is 16.5 Å². The van der Waals surface area contributed by atoms with Gasteiger partial charge in [-0.05, 0) is 17.5 Å². The number of fused-ring (bicyclic) bond motifs is 2. The summed E-state index contributed by atoms with van der Waals surface area (Å²) < 4.78 is 0. The van der Waals surface area contributed by atoms with E-state index in [1.807, 2.05) is 0 Å². The molecule has 24 heavy (non-hydrogen) atoms. The van der Waals surface area contributed by atoms with Crippen molar-refractivity contribution in [2.75, 3.05) is 0 Å². The summed E-state index contributed by atoms with van der Waals surface area (Å²) >= 11 is 1.30. The van der Waals surface area contributed by atoms with Crippen molar-refractivity contribution in [2.24, 2.45) is 0 Å². The lowest BCUT2D eigenvalue weighted by Gasteiger charge is -2.19. The number of carbonyl (C=O) groups is 2. The molecule has 0 saturated carbocycles. The molecule has 5 nitrogen and oxygen atoms in total. The normalized spacial score (nSPS) is 12.7. The summed E-state index contributed by atoms with van der Waals surface area (Å²) in [7, 11) is 0. The molecule has 0 bridgehead atoms. The number of nitro groups is 1. The Bertz CT molecular complexity index is 1020. The number of nitrogens with zero attached hydrogens (tertiary/aromatic N) is 1. The summed E-state index contributed by atoms with van der Waals surface area (Å²) in [6.45, 7) is 0. The largest absolute Gasteiger partial charge is 0.289 e. The van der Waals surface area contributed by atoms with Gasteiger partial charge in [0, 0.05) is 33.2 Å². The van der Waals surface area contributed by atoms with Crippen LogP contribution in [0, 0.1) is 10.1 Å². The van der Waals surface area contributed by atoms with Gasteiger partial charge in [0.25, 0.3) is 5.69 Å². The molecule has 4 rings (SSSR count). The molecule has 1 aliphatic rings. The Labute approximate surface area is 140 Å². The van der Waals surface area contributed by atoms with Crippen molar-refractivity contribution in [3.05, 3.63) is 86.3 Å². The maximum atomic E-state index is 13.0. The van der Waals surface area contributed by atoms with Gasteiger partial charge < -0.3 is 0 Å². The van der Waals surface area contributed by atoms with Gasteiger partial charge in [-0.25, -0.2) is 0 Å². The first-order chi connectivity index (χ1) is 11.6. The third kappa shape index (κ3) is 1.93. The standard InChI is InChI=1S/C18H9NO4S/c20-17-10-4-1-2-5-11(10)18(21)15-12(17)7-8-13(19(22)23)16(15)14-6-3-9-24-14/h1-9H. The molecule has 0 saturated heterocycles. The summed E-state index contributed by atoms with van der Waals surface area (Å²) in [6, 6.07) is 12.7. The van der Waals surface area contributed by atoms with Gasteiger partial charge >= 0.3 is 0 Å². The summed E-state index contributed by atoms with van der Waals surface area (Å²) in [4.78, 5) is 37.2. The molecular weight excluding hydrogens is 326 g/mol. The van der Waals surface area contributed by atoms with Gasteiger partial charge in [0.2, 0.25) is 0 Å². The van der Waals surface area contributed by atoms with Gasteiger partial charge in [0.05, 0.1) is 10.5 Å². The lowest BCUT2D eigenvalue weighted by molar-refractivity contribution is -0.384. The van der Waals surface area contributed by atoms with E-state index in [9.17, 15) is 19.7 Å². The van der Waals surface area contributed by atoms with Crippen molar-refractivity contribution in [2.45, 2.75) is 0 Å². The fourth-order valence-corrected chi connectivity index (χ4v) is 3.78. The average Bonchev–Trinajstić information content (AvgIpc) is 3.12. The fourth-order valence-electron chi connectivity index (χ4n) is 3.00. The minimum Gasteiger partial charge on any atom is -0.289 e. The van der Waals surface area contributed by atoms with Crippen molar-refractivity contribution >= 4 is 28.6 Å². The molecule has 116 valence electrons. The Morgan fingerprint density at radius 3 is 2.12 bits per heavy atom. The molecule has 0 atom stereocenters. The number of ketones is 2. The molecule has 0 fully saturated rings. The van der Waals surface area contributed by atoms with Crippen LogP contribution >= 0.6 is 11.3 Å². The predicted molar refractivity (Wildman–Crippen MR) is 89.7 cm³/mol. The second-order valence-corrected chi connectivity index (χ2v) is 6.27. The zero-order valence-corrected chi connectivity index (χ0v) is 13.0. The number of hydrogen-bond acceptors (Lipinski definition) is 5. The molecule has 0 N–H and O–H groups in total. The highest BCUT2D eigenvalue weighted by Gasteiger charge is 2.35. The van der Waals surface area contributed by atoms with Crippen molar-refractivity contribution in [3.8, 4) is 10.4 Å². The van der Waals surface area contributed by atoms with E-state index in [1.54, 1.807) is 41.8 Å². The van der Waals surface area contributed by atoms with Crippen molar-refractivity contribution in [1.82, 2.24) is 0 Å². The van der Waals surface area contributed by atoms with Crippen LogP contribution in [0.25, 0.3) is 10.4 Å². The van der Waals surface area contributed by atoms with Crippen LogP contribution in [0.2, 0.25) is 0 Å². The SMILES string of the molecule is O=C1c2ccccc2C(=O)c2c1ccc([N+](=O)[O-])c2-c1cccs1. The summed E-state index contributed by atoms with van der Waals surface area (Å²) in [6.07, 6.45) is 0. The quantitative estimate of drug-likeness (QED) is 0.408. The molecule has 0 aliphatic heterocycles. The zero-order chi connectivity index (χ0) is 16.8. The second kappa shape index (κ2) is 5.21. The molecule has 0 radical (unpaired) electrons. The molecular formula is C18H9NO4S. The first-order valence-corrected chi connectivity index (χ1v) is 8.01. The Hall–Kier alpha value is -3.12.